The van der Waals surface area contributed by atoms with Crippen molar-refractivity contribution in [1.82, 2.24) is 4.98 Å². The Labute approximate surface area is 95.8 Å². The standard InChI is InChI=1S/C7H4Br2ClF2N/c8-2-3-1-4(7(11)12)6(10)13-5(3)9/h1,7H,2H2. The smallest absolute Gasteiger partial charge is 0.228 e. The van der Waals surface area contributed by atoms with E-state index in [1.807, 2.05) is 0 Å². The van der Waals surface area contributed by atoms with Gasteiger partial charge in [0.15, 0.2) is 0 Å². The molecule has 0 unspecified atom stereocenters. The molecule has 72 valence electrons. The Balaban J connectivity index is 3.22. The van der Waals surface area contributed by atoms with Crippen LogP contribution in [-0.4, -0.2) is 4.98 Å². The Bertz CT molecular complexity index is 320. The molecule has 1 rings (SSSR count). The fourth-order valence-electron chi connectivity index (χ4n) is 0.776. The predicted molar refractivity (Wildman–Crippen MR) is 54.5 cm³/mol. The van der Waals surface area contributed by atoms with Gasteiger partial charge in [-0.2, -0.15) is 0 Å². The molecular formula is C7H4Br2ClF2N. The minimum atomic E-state index is -2.59. The molecule has 0 radical (unpaired) electrons. The molecule has 1 nitrogen and oxygen atoms in total. The topological polar surface area (TPSA) is 12.9 Å². The lowest BCUT2D eigenvalue weighted by molar-refractivity contribution is 0.151. The fraction of sp³-hybridized carbons (Fsp3) is 0.286. The van der Waals surface area contributed by atoms with Crippen LogP contribution in [0.15, 0.2) is 10.7 Å². The summed E-state index contributed by atoms with van der Waals surface area (Å²) in [7, 11) is 0. The summed E-state index contributed by atoms with van der Waals surface area (Å²) < 4.78 is 25.1. The normalized spacial score (nSPS) is 10.9. The van der Waals surface area contributed by atoms with Crippen molar-refractivity contribution in [3.63, 3.8) is 0 Å². The van der Waals surface area contributed by atoms with Crippen molar-refractivity contribution in [2.75, 3.05) is 0 Å². The molecule has 0 spiro atoms. The first-order valence-electron chi connectivity index (χ1n) is 3.25. The number of aromatic nitrogens is 1. The van der Waals surface area contributed by atoms with Gasteiger partial charge in [-0.1, -0.05) is 27.5 Å². The summed E-state index contributed by atoms with van der Waals surface area (Å²) >= 11 is 11.8. The number of alkyl halides is 3. The summed E-state index contributed by atoms with van der Waals surface area (Å²) in [6.07, 6.45) is -2.59. The van der Waals surface area contributed by atoms with Gasteiger partial charge in [-0.25, -0.2) is 13.8 Å². The van der Waals surface area contributed by atoms with Crippen LogP contribution in [-0.2, 0) is 5.33 Å². The van der Waals surface area contributed by atoms with Crippen molar-refractivity contribution in [3.05, 3.63) is 26.9 Å². The molecule has 13 heavy (non-hydrogen) atoms. The van der Waals surface area contributed by atoms with Crippen molar-refractivity contribution in [3.8, 4) is 0 Å². The van der Waals surface area contributed by atoms with Gasteiger partial charge in [0.25, 0.3) is 6.43 Å². The third-order valence-corrected chi connectivity index (χ3v) is 3.00. The molecule has 0 saturated heterocycles. The molecule has 0 bridgehead atoms. The van der Waals surface area contributed by atoms with Gasteiger partial charge in [0.05, 0.1) is 5.56 Å². The second kappa shape index (κ2) is 4.66. The van der Waals surface area contributed by atoms with Gasteiger partial charge >= 0.3 is 0 Å². The van der Waals surface area contributed by atoms with Crippen molar-refractivity contribution in [2.24, 2.45) is 0 Å². The number of hydrogen-bond donors (Lipinski definition) is 0. The highest BCUT2D eigenvalue weighted by atomic mass is 79.9. The number of hydrogen-bond acceptors (Lipinski definition) is 1. The Morgan fingerprint density at radius 2 is 2.15 bits per heavy atom. The molecule has 1 heterocycles. The Kier molecular flexibility index (Phi) is 4.06. The van der Waals surface area contributed by atoms with Gasteiger partial charge in [0.2, 0.25) is 0 Å². The van der Waals surface area contributed by atoms with Crippen molar-refractivity contribution < 1.29 is 8.78 Å². The Hall–Kier alpha value is 0.260. The molecule has 6 heteroatoms. The Morgan fingerprint density at radius 3 is 2.62 bits per heavy atom. The third-order valence-electron chi connectivity index (χ3n) is 1.41. The summed E-state index contributed by atoms with van der Waals surface area (Å²) in [6, 6.07) is 1.33. The quantitative estimate of drug-likeness (QED) is 0.579. The zero-order chi connectivity index (χ0) is 10.0. The van der Waals surface area contributed by atoms with Crippen LogP contribution >= 0.6 is 43.5 Å². The largest absolute Gasteiger partial charge is 0.266 e. The lowest BCUT2D eigenvalue weighted by atomic mass is 10.2. The van der Waals surface area contributed by atoms with Crippen molar-refractivity contribution >= 4 is 43.5 Å². The van der Waals surface area contributed by atoms with Crippen molar-refractivity contribution in [2.45, 2.75) is 11.8 Å². The maximum atomic E-state index is 12.3. The molecule has 0 aliphatic rings. The summed E-state index contributed by atoms with van der Waals surface area (Å²) in [6.45, 7) is 0. The van der Waals surface area contributed by atoms with Gasteiger partial charge in [0, 0.05) is 5.33 Å². The maximum absolute atomic E-state index is 12.3. The average Bonchev–Trinajstić information content (AvgIpc) is 2.03. The van der Waals surface area contributed by atoms with E-state index in [9.17, 15) is 8.78 Å². The van der Waals surface area contributed by atoms with E-state index in [4.69, 9.17) is 11.6 Å². The molecule has 0 saturated carbocycles. The number of rotatable bonds is 2. The second-order valence-corrected chi connectivity index (χ2v) is 3.92. The average molecular weight is 335 g/mol. The number of halogens is 5. The minimum absolute atomic E-state index is 0.161. The van der Waals surface area contributed by atoms with E-state index in [1.54, 1.807) is 0 Å². The summed E-state index contributed by atoms with van der Waals surface area (Å²) in [5.74, 6) is 0. The molecule has 0 aromatic carbocycles. The number of pyridine rings is 1. The second-order valence-electron chi connectivity index (χ2n) is 2.25. The van der Waals surface area contributed by atoms with E-state index < -0.39 is 6.43 Å². The predicted octanol–water partition coefficient (Wildman–Crippen LogP) is 4.33. The van der Waals surface area contributed by atoms with Crippen LogP contribution < -0.4 is 0 Å². The highest BCUT2D eigenvalue weighted by Gasteiger charge is 2.15. The fourth-order valence-corrected chi connectivity index (χ4v) is 2.34. The van der Waals surface area contributed by atoms with Crippen LogP contribution in [0.25, 0.3) is 0 Å². The maximum Gasteiger partial charge on any atom is 0.266 e. The van der Waals surface area contributed by atoms with Crippen LogP contribution in [0.5, 0.6) is 0 Å². The first kappa shape index (κ1) is 11.3. The highest BCUT2D eigenvalue weighted by Crippen LogP contribution is 2.30. The van der Waals surface area contributed by atoms with E-state index in [1.165, 1.54) is 6.07 Å². The first-order valence-corrected chi connectivity index (χ1v) is 5.54. The van der Waals surface area contributed by atoms with Gasteiger partial charge in [-0.05, 0) is 27.6 Å². The van der Waals surface area contributed by atoms with Crippen LogP contribution in [0.3, 0.4) is 0 Å². The monoisotopic (exact) mass is 333 g/mol. The molecule has 0 aliphatic heterocycles. The van der Waals surface area contributed by atoms with Crippen molar-refractivity contribution in [1.29, 1.82) is 0 Å². The molecule has 0 atom stereocenters. The molecular weight excluding hydrogens is 331 g/mol. The summed E-state index contributed by atoms with van der Waals surface area (Å²) in [5.41, 5.74) is 0.416. The Morgan fingerprint density at radius 1 is 1.54 bits per heavy atom. The van der Waals surface area contributed by atoms with E-state index in [0.29, 0.717) is 15.5 Å². The molecule has 1 aromatic rings. The van der Waals surface area contributed by atoms with Gasteiger partial charge in [0.1, 0.15) is 9.76 Å². The molecule has 0 fully saturated rings. The van der Waals surface area contributed by atoms with Gasteiger partial charge in [-0.3, -0.25) is 0 Å². The van der Waals surface area contributed by atoms with E-state index in [-0.39, 0.29) is 10.7 Å². The van der Waals surface area contributed by atoms with Crippen LogP contribution in [0, 0.1) is 0 Å². The summed E-state index contributed by atoms with van der Waals surface area (Å²) in [4.78, 5) is 3.74. The van der Waals surface area contributed by atoms with Gasteiger partial charge in [-0.15, -0.1) is 0 Å². The van der Waals surface area contributed by atoms with Crippen LogP contribution in [0.1, 0.15) is 17.6 Å². The molecule has 1 aromatic heterocycles. The molecule has 0 amide bonds. The SMILES string of the molecule is FC(F)c1cc(CBr)c(Br)nc1Cl. The van der Waals surface area contributed by atoms with Gasteiger partial charge < -0.3 is 0 Å². The minimum Gasteiger partial charge on any atom is -0.228 e. The summed E-state index contributed by atoms with van der Waals surface area (Å²) in [5, 5.41) is 0.295. The number of nitrogens with zero attached hydrogens (tertiary/aromatic N) is 1. The first-order chi connectivity index (χ1) is 6.06. The lowest BCUT2D eigenvalue weighted by Gasteiger charge is -2.06. The third kappa shape index (κ3) is 2.60. The van der Waals surface area contributed by atoms with E-state index >= 15 is 0 Å². The van der Waals surface area contributed by atoms with E-state index in [2.05, 4.69) is 36.8 Å². The highest BCUT2D eigenvalue weighted by molar-refractivity contribution is 9.10. The lowest BCUT2D eigenvalue weighted by Crippen LogP contribution is -1.94. The zero-order valence-corrected chi connectivity index (χ0v) is 10.1. The zero-order valence-electron chi connectivity index (χ0n) is 6.20. The molecule has 0 aliphatic carbocycles. The van der Waals surface area contributed by atoms with Crippen LogP contribution in [0.4, 0.5) is 8.78 Å². The van der Waals surface area contributed by atoms with E-state index in [0.717, 1.165) is 0 Å². The molecule has 0 N–H and O–H groups in total. The van der Waals surface area contributed by atoms with Crippen LogP contribution in [0.2, 0.25) is 5.15 Å².